The Kier molecular flexibility index (Phi) is 6.38. The highest BCUT2D eigenvalue weighted by atomic mass is 16.3. The third kappa shape index (κ3) is 4.17. The first-order valence-corrected chi connectivity index (χ1v) is 11.5. The molecular formula is C27H31N3O2. The lowest BCUT2D eigenvalue weighted by atomic mass is 9.96. The highest BCUT2D eigenvalue weighted by Crippen LogP contribution is 2.57. The first kappa shape index (κ1) is 22.2. The van der Waals surface area contributed by atoms with E-state index >= 15 is 0 Å². The van der Waals surface area contributed by atoms with Crippen LogP contribution >= 0.6 is 0 Å². The predicted octanol–water partition coefficient (Wildman–Crippen LogP) is 5.62. The van der Waals surface area contributed by atoms with Gasteiger partial charge in [-0.3, -0.25) is 4.79 Å². The molecule has 0 unspecified atom stereocenters. The average Bonchev–Trinajstić information content (AvgIpc) is 3.55. The Morgan fingerprint density at radius 2 is 1.81 bits per heavy atom. The summed E-state index contributed by atoms with van der Waals surface area (Å²) in [4.78, 5) is 24.0. The number of carbonyl (C=O) groups excluding carboxylic acids is 1. The maximum Gasteiger partial charge on any atom is 0.229 e. The van der Waals surface area contributed by atoms with Gasteiger partial charge in [0.1, 0.15) is 0 Å². The van der Waals surface area contributed by atoms with E-state index in [4.69, 9.17) is 5.11 Å². The molecule has 1 aromatic heterocycles. The Morgan fingerprint density at radius 3 is 2.47 bits per heavy atom. The zero-order valence-electron chi connectivity index (χ0n) is 19.1. The number of aliphatic hydroxyl groups is 1. The maximum absolute atomic E-state index is 12.5. The van der Waals surface area contributed by atoms with E-state index in [2.05, 4.69) is 46.1 Å². The van der Waals surface area contributed by atoms with E-state index in [9.17, 15) is 4.79 Å². The number of aliphatic hydroxyl groups excluding tert-OH is 1. The molecule has 3 aromatic rings. The van der Waals surface area contributed by atoms with Crippen LogP contribution in [0.3, 0.4) is 0 Å². The van der Waals surface area contributed by atoms with Crippen molar-refractivity contribution < 1.29 is 9.90 Å². The summed E-state index contributed by atoms with van der Waals surface area (Å²) >= 11 is 0. The van der Waals surface area contributed by atoms with Crippen molar-refractivity contribution in [3.63, 3.8) is 0 Å². The molecule has 0 amide bonds. The third-order valence-corrected chi connectivity index (χ3v) is 6.29. The largest absolute Gasteiger partial charge is 0.396 e. The fourth-order valence-corrected chi connectivity index (χ4v) is 4.42. The lowest BCUT2D eigenvalue weighted by Crippen LogP contribution is -2.21. The second-order valence-electron chi connectivity index (χ2n) is 8.49. The molecule has 0 saturated heterocycles. The van der Waals surface area contributed by atoms with Gasteiger partial charge in [0.15, 0.2) is 5.78 Å². The Hall–Kier alpha value is -3.05. The van der Waals surface area contributed by atoms with Crippen molar-refractivity contribution in [2.75, 3.05) is 18.1 Å². The summed E-state index contributed by atoms with van der Waals surface area (Å²) in [5.74, 6) is 0.746. The van der Waals surface area contributed by atoms with E-state index in [-0.39, 0.29) is 17.8 Å². The molecular weight excluding hydrogens is 398 g/mol. The Labute approximate surface area is 190 Å². The summed E-state index contributed by atoms with van der Waals surface area (Å²) in [6, 6.07) is 14.3. The second-order valence-corrected chi connectivity index (χ2v) is 8.49. The molecule has 0 atom stereocenters. The molecule has 1 aliphatic heterocycles. The van der Waals surface area contributed by atoms with Crippen LogP contribution in [-0.4, -0.2) is 34.0 Å². The fourth-order valence-electron chi connectivity index (χ4n) is 4.42. The summed E-state index contributed by atoms with van der Waals surface area (Å²) in [5.41, 5.74) is 6.54. The van der Waals surface area contributed by atoms with Crippen LogP contribution < -0.4 is 4.90 Å². The minimum Gasteiger partial charge on any atom is -0.396 e. The Bertz CT molecular complexity index is 1100. The molecule has 1 saturated carbocycles. The van der Waals surface area contributed by atoms with Gasteiger partial charge < -0.3 is 10.0 Å². The van der Waals surface area contributed by atoms with Crippen molar-refractivity contribution in [3.8, 4) is 11.1 Å². The summed E-state index contributed by atoms with van der Waals surface area (Å²) in [7, 11) is 0. The predicted molar refractivity (Wildman–Crippen MR) is 129 cm³/mol. The van der Waals surface area contributed by atoms with E-state index in [0.29, 0.717) is 24.4 Å². The highest BCUT2D eigenvalue weighted by Gasteiger charge is 2.52. The van der Waals surface area contributed by atoms with Crippen LogP contribution in [0.25, 0.3) is 11.1 Å². The van der Waals surface area contributed by atoms with Gasteiger partial charge in [-0.25, -0.2) is 9.97 Å². The van der Waals surface area contributed by atoms with E-state index in [0.717, 1.165) is 36.2 Å². The van der Waals surface area contributed by atoms with Gasteiger partial charge in [0.05, 0.1) is 0 Å². The topological polar surface area (TPSA) is 66.3 Å². The average molecular weight is 430 g/mol. The maximum atomic E-state index is 12.5. The molecule has 0 bridgehead atoms. The normalized spacial score (nSPS) is 15.2. The summed E-state index contributed by atoms with van der Waals surface area (Å²) < 4.78 is 0. The number of carbonyl (C=O) groups is 1. The minimum absolute atomic E-state index is 0.0348. The van der Waals surface area contributed by atoms with Crippen LogP contribution in [0.4, 0.5) is 11.6 Å². The molecule has 1 aliphatic carbocycles. The van der Waals surface area contributed by atoms with E-state index < -0.39 is 0 Å². The van der Waals surface area contributed by atoms with Gasteiger partial charge in [0.25, 0.3) is 0 Å². The monoisotopic (exact) mass is 429 g/mol. The molecule has 0 radical (unpaired) electrons. The number of aryl methyl sites for hydroxylation is 1. The van der Waals surface area contributed by atoms with Crippen molar-refractivity contribution >= 4 is 17.4 Å². The van der Waals surface area contributed by atoms with Crippen molar-refractivity contribution in [1.82, 2.24) is 9.97 Å². The SMILES string of the molecule is CC.Cc1cccc(-c2cnc(N3CC4(CC4)c4ccc(C(=O)CCCO)cc43)nc2)c1. The number of fused-ring (bicyclic) bond motifs is 2. The molecule has 5 heteroatoms. The van der Waals surface area contributed by atoms with Crippen molar-refractivity contribution in [3.05, 3.63) is 71.5 Å². The van der Waals surface area contributed by atoms with Gasteiger partial charge in [0, 0.05) is 54.2 Å². The Morgan fingerprint density at radius 1 is 1.06 bits per heavy atom. The van der Waals surface area contributed by atoms with Crippen LogP contribution in [0.1, 0.15) is 61.0 Å². The van der Waals surface area contributed by atoms with Crippen LogP contribution in [-0.2, 0) is 5.41 Å². The van der Waals surface area contributed by atoms with Gasteiger partial charge in [0.2, 0.25) is 5.95 Å². The van der Waals surface area contributed by atoms with Crippen LogP contribution in [0.5, 0.6) is 0 Å². The van der Waals surface area contributed by atoms with Crippen molar-refractivity contribution in [2.24, 2.45) is 0 Å². The number of benzene rings is 2. The molecule has 1 fully saturated rings. The quantitative estimate of drug-likeness (QED) is 0.516. The van der Waals surface area contributed by atoms with Crippen molar-refractivity contribution in [2.45, 2.75) is 51.9 Å². The Balaban J connectivity index is 0.00000119. The van der Waals surface area contributed by atoms with Gasteiger partial charge in [-0.15, -0.1) is 0 Å². The molecule has 5 rings (SSSR count). The van der Waals surface area contributed by atoms with Crippen LogP contribution in [0, 0.1) is 6.92 Å². The molecule has 1 N–H and O–H groups in total. The minimum atomic E-state index is 0.0348. The number of nitrogens with zero attached hydrogens (tertiary/aromatic N) is 3. The number of hydrogen-bond acceptors (Lipinski definition) is 5. The number of hydrogen-bond donors (Lipinski definition) is 1. The van der Waals surface area contributed by atoms with E-state index in [1.54, 1.807) is 0 Å². The van der Waals surface area contributed by atoms with Gasteiger partial charge in [-0.2, -0.15) is 0 Å². The van der Waals surface area contributed by atoms with Crippen molar-refractivity contribution in [1.29, 1.82) is 0 Å². The smallest absolute Gasteiger partial charge is 0.229 e. The lowest BCUT2D eigenvalue weighted by Gasteiger charge is -2.18. The lowest BCUT2D eigenvalue weighted by molar-refractivity contribution is 0.0971. The zero-order chi connectivity index (χ0) is 22.7. The molecule has 2 aliphatic rings. The number of ketones is 1. The first-order valence-electron chi connectivity index (χ1n) is 11.5. The zero-order valence-corrected chi connectivity index (χ0v) is 19.1. The molecule has 5 nitrogen and oxygen atoms in total. The van der Waals surface area contributed by atoms with Gasteiger partial charge >= 0.3 is 0 Å². The molecule has 2 heterocycles. The molecule has 1 spiro atoms. The molecule has 2 aromatic carbocycles. The second kappa shape index (κ2) is 9.21. The molecule has 32 heavy (non-hydrogen) atoms. The molecule has 166 valence electrons. The van der Waals surface area contributed by atoms with E-state index in [1.165, 1.54) is 11.1 Å². The summed E-state index contributed by atoms with van der Waals surface area (Å²) in [6.45, 7) is 6.97. The summed E-state index contributed by atoms with van der Waals surface area (Å²) in [5, 5.41) is 9.03. The number of rotatable bonds is 6. The third-order valence-electron chi connectivity index (χ3n) is 6.29. The summed E-state index contributed by atoms with van der Waals surface area (Å²) in [6.07, 6.45) is 6.94. The number of anilines is 2. The van der Waals surface area contributed by atoms with Crippen LogP contribution in [0.15, 0.2) is 54.9 Å². The van der Waals surface area contributed by atoms with E-state index in [1.807, 2.05) is 44.4 Å². The number of Topliss-reactive ketones (excluding diaryl/α,β-unsaturated/α-hetero) is 1. The standard InChI is InChI=1S/C25H25N3O2.C2H6/c1-17-4-2-5-18(12-17)20-14-26-24(27-15-20)28-16-25(9-10-25)21-8-7-19(13-22(21)28)23(30)6-3-11-29;1-2/h2,4-5,7-8,12-15,29H,3,6,9-11,16H2,1H3;1-2H3. The fraction of sp³-hybridized carbons (Fsp3) is 0.370. The highest BCUT2D eigenvalue weighted by molar-refractivity contribution is 5.97. The van der Waals surface area contributed by atoms with Gasteiger partial charge in [-0.05, 0) is 43.4 Å². The van der Waals surface area contributed by atoms with Crippen LogP contribution in [0.2, 0.25) is 0 Å². The number of aromatic nitrogens is 2. The first-order chi connectivity index (χ1) is 15.6. The van der Waals surface area contributed by atoms with Gasteiger partial charge in [-0.1, -0.05) is 55.8 Å².